The largest absolute Gasteiger partial charge is 0.475 e. The van der Waals surface area contributed by atoms with E-state index < -0.39 is 0 Å². The van der Waals surface area contributed by atoms with Gasteiger partial charge in [0.05, 0.1) is 0 Å². The molecule has 0 aliphatic carbocycles. The molecule has 2 atom stereocenters. The van der Waals surface area contributed by atoms with Crippen molar-refractivity contribution in [3.8, 4) is 0 Å². The minimum Gasteiger partial charge on any atom is -0.475 e. The molecule has 2 heterocycles. The fraction of sp³-hybridized carbons (Fsp3) is 0.167. The Labute approximate surface area is 164 Å². The van der Waals surface area contributed by atoms with Crippen LogP contribution in [-0.2, 0) is 9.47 Å². The molecule has 0 fully saturated rings. The monoisotopic (exact) mass is 368 g/mol. The van der Waals surface area contributed by atoms with Crippen molar-refractivity contribution in [3.63, 3.8) is 0 Å². The van der Waals surface area contributed by atoms with Crippen molar-refractivity contribution in [1.82, 2.24) is 0 Å². The molecule has 138 valence electrons. The van der Waals surface area contributed by atoms with Crippen LogP contribution in [0.4, 0.5) is 0 Å². The van der Waals surface area contributed by atoms with Gasteiger partial charge in [0.1, 0.15) is 25.3 Å². The molecule has 0 spiro atoms. The van der Waals surface area contributed by atoms with Crippen LogP contribution in [0.15, 0.2) is 94.9 Å². The molecule has 4 heteroatoms. The molecule has 0 aromatic heterocycles. The first-order valence-electron chi connectivity index (χ1n) is 9.49. The molecule has 28 heavy (non-hydrogen) atoms. The number of hydrogen-bond acceptors (Lipinski definition) is 4. The van der Waals surface area contributed by atoms with Gasteiger partial charge in [-0.25, -0.2) is 9.98 Å². The van der Waals surface area contributed by atoms with E-state index in [0.29, 0.717) is 25.0 Å². The lowest BCUT2D eigenvalue weighted by Gasteiger charge is -2.05. The Kier molecular flexibility index (Phi) is 4.37. The molecule has 0 amide bonds. The average Bonchev–Trinajstić information content (AvgIpc) is 3.46. The van der Waals surface area contributed by atoms with Crippen molar-refractivity contribution in [1.29, 1.82) is 0 Å². The van der Waals surface area contributed by atoms with E-state index in [4.69, 9.17) is 19.5 Å². The highest BCUT2D eigenvalue weighted by atomic mass is 16.5. The second-order valence-electron chi connectivity index (χ2n) is 6.92. The Morgan fingerprint density at radius 1 is 0.571 bits per heavy atom. The third-order valence-corrected chi connectivity index (χ3v) is 5.03. The number of ether oxygens (including phenoxy) is 2. The van der Waals surface area contributed by atoms with E-state index in [9.17, 15) is 0 Å². The molecule has 0 radical (unpaired) electrons. The van der Waals surface area contributed by atoms with Gasteiger partial charge in [-0.05, 0) is 29.3 Å². The Morgan fingerprint density at radius 2 is 1.04 bits per heavy atom. The van der Waals surface area contributed by atoms with E-state index in [1.54, 1.807) is 0 Å². The van der Waals surface area contributed by atoms with Crippen LogP contribution in [0.25, 0.3) is 0 Å². The van der Waals surface area contributed by atoms with Gasteiger partial charge in [0.2, 0.25) is 11.8 Å². The van der Waals surface area contributed by atoms with Gasteiger partial charge in [-0.2, -0.15) is 0 Å². The molecule has 0 N–H and O–H groups in total. The highest BCUT2D eigenvalue weighted by Gasteiger charge is 2.24. The fourth-order valence-electron chi connectivity index (χ4n) is 3.54. The lowest BCUT2D eigenvalue weighted by Crippen LogP contribution is -2.05. The molecule has 3 aromatic rings. The Balaban J connectivity index is 1.39. The van der Waals surface area contributed by atoms with Gasteiger partial charge in [0.15, 0.2) is 0 Å². The van der Waals surface area contributed by atoms with Gasteiger partial charge in [0, 0.05) is 11.1 Å². The Bertz CT molecular complexity index is 948. The van der Waals surface area contributed by atoms with Crippen LogP contribution in [0.1, 0.15) is 34.3 Å². The zero-order valence-corrected chi connectivity index (χ0v) is 15.4. The molecule has 0 unspecified atom stereocenters. The van der Waals surface area contributed by atoms with E-state index in [-0.39, 0.29) is 12.1 Å². The Hall–Kier alpha value is -3.40. The highest BCUT2D eigenvalue weighted by Crippen LogP contribution is 2.27. The molecule has 2 aliphatic heterocycles. The van der Waals surface area contributed by atoms with Crippen molar-refractivity contribution in [2.45, 2.75) is 12.1 Å². The van der Waals surface area contributed by atoms with E-state index in [1.807, 2.05) is 60.7 Å². The van der Waals surface area contributed by atoms with Gasteiger partial charge < -0.3 is 9.47 Å². The lowest BCUT2D eigenvalue weighted by atomic mass is 10.1. The summed E-state index contributed by atoms with van der Waals surface area (Å²) in [6.07, 6.45) is 0. The molecule has 2 aliphatic rings. The summed E-state index contributed by atoms with van der Waals surface area (Å²) in [5.41, 5.74) is 4.24. The summed E-state index contributed by atoms with van der Waals surface area (Å²) in [6.45, 7) is 1.13. The van der Waals surface area contributed by atoms with E-state index in [2.05, 4.69) is 24.3 Å². The zero-order valence-electron chi connectivity index (χ0n) is 15.4. The molecular weight excluding hydrogens is 348 g/mol. The van der Waals surface area contributed by atoms with Crippen LogP contribution in [0.2, 0.25) is 0 Å². The van der Waals surface area contributed by atoms with Crippen LogP contribution < -0.4 is 0 Å². The summed E-state index contributed by atoms with van der Waals surface area (Å²) in [6, 6.07) is 28.6. The fourth-order valence-corrected chi connectivity index (χ4v) is 3.54. The van der Waals surface area contributed by atoms with E-state index in [1.165, 1.54) is 11.1 Å². The van der Waals surface area contributed by atoms with Crippen LogP contribution in [-0.4, -0.2) is 25.0 Å². The third kappa shape index (κ3) is 3.29. The number of nitrogens with zero attached hydrogens (tertiary/aromatic N) is 2. The number of aliphatic imine (C=N–C) groups is 2. The third-order valence-electron chi connectivity index (χ3n) is 5.03. The second kappa shape index (κ2) is 7.31. The van der Waals surface area contributed by atoms with Crippen molar-refractivity contribution >= 4 is 11.8 Å². The van der Waals surface area contributed by atoms with Crippen molar-refractivity contribution in [2.24, 2.45) is 9.98 Å². The van der Waals surface area contributed by atoms with Crippen LogP contribution in [0.5, 0.6) is 0 Å². The average molecular weight is 368 g/mol. The first-order valence-corrected chi connectivity index (χ1v) is 9.49. The molecule has 4 nitrogen and oxygen atoms in total. The van der Waals surface area contributed by atoms with Crippen molar-refractivity contribution < 1.29 is 9.47 Å². The van der Waals surface area contributed by atoms with Gasteiger partial charge in [-0.1, -0.05) is 66.7 Å². The first kappa shape index (κ1) is 16.8. The van der Waals surface area contributed by atoms with Gasteiger partial charge in [-0.15, -0.1) is 0 Å². The molecule has 0 saturated carbocycles. The molecule has 3 aromatic carbocycles. The van der Waals surface area contributed by atoms with Crippen molar-refractivity contribution in [3.05, 3.63) is 107 Å². The summed E-state index contributed by atoms with van der Waals surface area (Å²) in [4.78, 5) is 9.55. The standard InChI is InChI=1S/C24H20N2O2/c1-3-8-17(9-4-1)21-15-27-23(25-21)19-12-7-13-20(14-19)24-26-22(16-28-24)18-10-5-2-6-11-18/h1-14,21-22H,15-16H2/t21-,22-/m1/s1. The first-order chi connectivity index (χ1) is 13.9. The minimum absolute atomic E-state index is 0.0439. The van der Waals surface area contributed by atoms with Crippen molar-refractivity contribution in [2.75, 3.05) is 13.2 Å². The molecule has 5 rings (SSSR count). The molecule has 0 bridgehead atoms. The summed E-state index contributed by atoms with van der Waals surface area (Å²) >= 11 is 0. The summed E-state index contributed by atoms with van der Waals surface area (Å²) in [5, 5.41) is 0. The second-order valence-corrected chi connectivity index (χ2v) is 6.92. The van der Waals surface area contributed by atoms with E-state index in [0.717, 1.165) is 11.1 Å². The topological polar surface area (TPSA) is 43.2 Å². The quantitative estimate of drug-likeness (QED) is 0.669. The number of hydrogen-bond donors (Lipinski definition) is 0. The summed E-state index contributed by atoms with van der Waals surface area (Å²) in [5.74, 6) is 1.35. The maximum Gasteiger partial charge on any atom is 0.216 e. The van der Waals surface area contributed by atoms with Gasteiger partial charge in [-0.3, -0.25) is 0 Å². The van der Waals surface area contributed by atoms with Crippen LogP contribution in [0.3, 0.4) is 0 Å². The van der Waals surface area contributed by atoms with Gasteiger partial charge in [0.25, 0.3) is 0 Å². The predicted molar refractivity (Wildman–Crippen MR) is 110 cm³/mol. The maximum atomic E-state index is 5.88. The van der Waals surface area contributed by atoms with Gasteiger partial charge >= 0.3 is 0 Å². The normalized spacial score (nSPS) is 20.9. The number of rotatable bonds is 4. The molecule has 0 saturated heterocycles. The highest BCUT2D eigenvalue weighted by molar-refractivity contribution is 6.00. The summed E-state index contributed by atoms with van der Waals surface area (Å²) < 4.78 is 11.8. The lowest BCUT2D eigenvalue weighted by molar-refractivity contribution is 0.319. The Morgan fingerprint density at radius 3 is 1.50 bits per heavy atom. The smallest absolute Gasteiger partial charge is 0.216 e. The van der Waals surface area contributed by atoms with Crippen LogP contribution in [0, 0.1) is 0 Å². The zero-order chi connectivity index (χ0) is 18.8. The number of benzene rings is 3. The van der Waals surface area contributed by atoms with Crippen LogP contribution >= 0.6 is 0 Å². The predicted octanol–water partition coefficient (Wildman–Crippen LogP) is 4.72. The minimum atomic E-state index is 0.0439. The SMILES string of the molecule is c1ccc([C@H]2COC(c3cccc(C4=N[C@@H](c5ccccc5)CO4)c3)=N2)cc1. The maximum absolute atomic E-state index is 5.88. The molecular formula is C24H20N2O2. The summed E-state index contributed by atoms with van der Waals surface area (Å²) in [7, 11) is 0. The van der Waals surface area contributed by atoms with E-state index >= 15 is 0 Å².